The van der Waals surface area contributed by atoms with Gasteiger partial charge < -0.3 is 14.2 Å². The Morgan fingerprint density at radius 2 is 1.67 bits per heavy atom. The molecule has 1 aliphatic rings. The van der Waals surface area contributed by atoms with Crippen molar-refractivity contribution < 1.29 is 14.1 Å². The normalized spacial score (nSPS) is 14.4. The lowest BCUT2D eigenvalue weighted by Crippen LogP contribution is -2.49. The number of fused-ring (bicyclic) bond motifs is 1. The first-order chi connectivity index (χ1) is 16.2. The Balaban J connectivity index is 1.12. The summed E-state index contributed by atoms with van der Waals surface area (Å²) < 4.78 is 11.2. The van der Waals surface area contributed by atoms with E-state index in [0.717, 1.165) is 36.3 Å². The second-order valence-corrected chi connectivity index (χ2v) is 8.14. The predicted octanol–water partition coefficient (Wildman–Crippen LogP) is 4.76. The zero-order valence-electron chi connectivity index (χ0n) is 18.3. The number of carbonyl (C=O) groups is 1. The molecule has 1 fully saturated rings. The molecule has 0 aliphatic carbocycles. The van der Waals surface area contributed by atoms with E-state index >= 15 is 0 Å². The molecular weight excluding hydrogens is 416 g/mol. The maximum absolute atomic E-state index is 12.7. The van der Waals surface area contributed by atoms with Crippen molar-refractivity contribution in [3.8, 4) is 5.75 Å². The zero-order chi connectivity index (χ0) is 22.5. The van der Waals surface area contributed by atoms with E-state index in [0.29, 0.717) is 31.1 Å². The van der Waals surface area contributed by atoms with Crippen LogP contribution in [0.25, 0.3) is 11.0 Å². The fourth-order valence-corrected chi connectivity index (χ4v) is 4.00. The summed E-state index contributed by atoms with van der Waals surface area (Å²) in [5.74, 6) is 1.33. The van der Waals surface area contributed by atoms with Crippen LogP contribution in [0.1, 0.15) is 11.1 Å². The van der Waals surface area contributed by atoms with Gasteiger partial charge >= 0.3 is 6.03 Å². The molecule has 0 spiro atoms. The number of anilines is 1. The van der Waals surface area contributed by atoms with Gasteiger partial charge in [-0.2, -0.15) is 0 Å². The summed E-state index contributed by atoms with van der Waals surface area (Å²) in [6.07, 6.45) is 0. The number of amides is 2. The van der Waals surface area contributed by atoms with Crippen molar-refractivity contribution in [1.29, 1.82) is 0 Å². The third-order valence-electron chi connectivity index (χ3n) is 5.82. The zero-order valence-corrected chi connectivity index (χ0v) is 18.3. The van der Waals surface area contributed by atoms with Crippen molar-refractivity contribution in [3.05, 3.63) is 90.0 Å². The summed E-state index contributed by atoms with van der Waals surface area (Å²) in [5.41, 5.74) is 3.01. The number of para-hydroxylation sites is 1. The van der Waals surface area contributed by atoms with Gasteiger partial charge in [-0.3, -0.25) is 10.2 Å². The van der Waals surface area contributed by atoms with Gasteiger partial charge in [0.05, 0.1) is 5.39 Å². The third kappa shape index (κ3) is 5.15. The van der Waals surface area contributed by atoms with Crippen LogP contribution in [0, 0.1) is 0 Å². The summed E-state index contributed by atoms with van der Waals surface area (Å²) in [5, 5.41) is 7.67. The van der Waals surface area contributed by atoms with Gasteiger partial charge in [0.15, 0.2) is 11.4 Å². The molecule has 7 nitrogen and oxygen atoms in total. The Kier molecular flexibility index (Phi) is 6.21. The summed E-state index contributed by atoms with van der Waals surface area (Å²) in [7, 11) is 0. The lowest BCUT2D eigenvalue weighted by atomic mass is 10.2. The largest absolute Gasteiger partial charge is 0.489 e. The maximum Gasteiger partial charge on any atom is 0.323 e. The summed E-state index contributed by atoms with van der Waals surface area (Å²) in [6.45, 7) is 4.31. The molecule has 33 heavy (non-hydrogen) atoms. The van der Waals surface area contributed by atoms with Gasteiger partial charge in [0, 0.05) is 32.7 Å². The number of piperazine rings is 1. The van der Waals surface area contributed by atoms with Crippen molar-refractivity contribution in [3.63, 3.8) is 0 Å². The molecule has 4 aromatic rings. The molecule has 168 valence electrons. The molecule has 2 amide bonds. The Morgan fingerprint density at radius 1 is 0.909 bits per heavy atom. The maximum atomic E-state index is 12.7. The monoisotopic (exact) mass is 442 g/mol. The molecule has 0 saturated carbocycles. The van der Waals surface area contributed by atoms with Gasteiger partial charge in [-0.05, 0) is 35.4 Å². The van der Waals surface area contributed by atoms with Crippen LogP contribution < -0.4 is 10.1 Å². The lowest BCUT2D eigenvalue weighted by Gasteiger charge is -2.34. The van der Waals surface area contributed by atoms with E-state index < -0.39 is 0 Å². The van der Waals surface area contributed by atoms with Crippen LogP contribution in [0.3, 0.4) is 0 Å². The highest BCUT2D eigenvalue weighted by molar-refractivity contribution is 5.98. The Labute approximate surface area is 192 Å². The Morgan fingerprint density at radius 3 is 2.52 bits per heavy atom. The molecule has 0 unspecified atom stereocenters. The van der Waals surface area contributed by atoms with Gasteiger partial charge in [-0.15, -0.1) is 0 Å². The van der Waals surface area contributed by atoms with E-state index in [1.807, 2.05) is 59.5 Å². The number of ether oxygens (including phenoxy) is 1. The third-order valence-corrected chi connectivity index (χ3v) is 5.82. The first kappa shape index (κ1) is 21.0. The number of urea groups is 1. The first-order valence-electron chi connectivity index (χ1n) is 11.1. The summed E-state index contributed by atoms with van der Waals surface area (Å²) in [4.78, 5) is 16.9. The van der Waals surface area contributed by atoms with Crippen LogP contribution in [0.2, 0.25) is 0 Å². The van der Waals surface area contributed by atoms with Crippen LogP contribution >= 0.6 is 0 Å². The molecule has 0 bridgehead atoms. The molecular formula is C26H26N4O3. The van der Waals surface area contributed by atoms with Crippen molar-refractivity contribution in [2.45, 2.75) is 13.2 Å². The van der Waals surface area contributed by atoms with Crippen LogP contribution in [0.15, 0.2) is 83.4 Å². The quantitative estimate of drug-likeness (QED) is 0.466. The molecule has 1 aromatic heterocycles. The topological polar surface area (TPSA) is 70.8 Å². The van der Waals surface area contributed by atoms with Gasteiger partial charge in [0.1, 0.15) is 12.4 Å². The highest BCUT2D eigenvalue weighted by Gasteiger charge is 2.22. The molecule has 0 atom stereocenters. The van der Waals surface area contributed by atoms with E-state index in [1.54, 1.807) is 0 Å². The molecule has 2 heterocycles. The summed E-state index contributed by atoms with van der Waals surface area (Å²) in [6, 6.07) is 25.7. The number of nitrogens with zero attached hydrogens (tertiary/aromatic N) is 3. The highest BCUT2D eigenvalue weighted by atomic mass is 16.5. The average Bonchev–Trinajstić information content (AvgIpc) is 3.27. The van der Waals surface area contributed by atoms with E-state index in [2.05, 4.69) is 39.6 Å². The predicted molar refractivity (Wildman–Crippen MR) is 127 cm³/mol. The molecule has 1 aliphatic heterocycles. The minimum atomic E-state index is -0.148. The van der Waals surface area contributed by atoms with Crippen LogP contribution in [0.5, 0.6) is 5.75 Å². The average molecular weight is 443 g/mol. The van der Waals surface area contributed by atoms with Gasteiger partial charge in [-0.1, -0.05) is 59.8 Å². The molecule has 0 radical (unpaired) electrons. The van der Waals surface area contributed by atoms with E-state index in [4.69, 9.17) is 9.26 Å². The lowest BCUT2D eigenvalue weighted by molar-refractivity contribution is 0.143. The Hall–Kier alpha value is -3.84. The molecule has 1 N–H and O–H groups in total. The minimum Gasteiger partial charge on any atom is -0.489 e. The van der Waals surface area contributed by atoms with Crippen LogP contribution in [-0.2, 0) is 13.2 Å². The van der Waals surface area contributed by atoms with Gasteiger partial charge in [-0.25, -0.2) is 4.79 Å². The smallest absolute Gasteiger partial charge is 0.323 e. The van der Waals surface area contributed by atoms with Crippen molar-refractivity contribution in [2.75, 3.05) is 31.5 Å². The molecule has 5 rings (SSSR count). The number of hydrogen-bond donors (Lipinski definition) is 1. The van der Waals surface area contributed by atoms with E-state index in [-0.39, 0.29) is 6.03 Å². The van der Waals surface area contributed by atoms with Crippen molar-refractivity contribution in [2.24, 2.45) is 0 Å². The van der Waals surface area contributed by atoms with Crippen LogP contribution in [-0.4, -0.2) is 47.2 Å². The first-order valence-corrected chi connectivity index (χ1v) is 11.1. The molecule has 3 aromatic carbocycles. The molecule has 7 heteroatoms. The number of nitrogens with one attached hydrogen (secondary N) is 1. The van der Waals surface area contributed by atoms with Crippen molar-refractivity contribution in [1.82, 2.24) is 15.0 Å². The standard InChI is InChI=1S/C26H26N4O3/c31-26(27-25-23-11-4-5-12-24(23)33-28-25)30-15-13-29(14-16-30)18-21-9-6-10-22(17-21)32-19-20-7-2-1-3-8-20/h1-12,17H,13-16,18-19H2,(H,27,28,31). The number of hydrogen-bond acceptors (Lipinski definition) is 5. The van der Waals surface area contributed by atoms with Crippen molar-refractivity contribution >= 4 is 22.8 Å². The van der Waals surface area contributed by atoms with E-state index in [9.17, 15) is 4.79 Å². The fraction of sp³-hybridized carbons (Fsp3) is 0.231. The number of rotatable bonds is 6. The van der Waals surface area contributed by atoms with Gasteiger partial charge in [0.2, 0.25) is 0 Å². The second-order valence-electron chi connectivity index (χ2n) is 8.14. The second kappa shape index (κ2) is 9.75. The SMILES string of the molecule is O=C(Nc1noc2ccccc12)N1CCN(Cc2cccc(OCc3ccccc3)c2)CC1. The van der Waals surface area contributed by atoms with Crippen LogP contribution in [0.4, 0.5) is 10.6 Å². The number of carbonyl (C=O) groups excluding carboxylic acids is 1. The summed E-state index contributed by atoms with van der Waals surface area (Å²) >= 11 is 0. The van der Waals surface area contributed by atoms with E-state index in [1.165, 1.54) is 5.56 Å². The fourth-order valence-electron chi connectivity index (χ4n) is 4.00. The number of aromatic nitrogens is 1. The van der Waals surface area contributed by atoms with Gasteiger partial charge in [0.25, 0.3) is 0 Å². The Bertz CT molecular complexity index is 1220. The number of benzene rings is 3. The molecule has 1 saturated heterocycles. The minimum absolute atomic E-state index is 0.148. The highest BCUT2D eigenvalue weighted by Crippen LogP contribution is 2.23.